The largest absolute Gasteiger partial charge is 0.481 e. The molecule has 0 bridgehead atoms. The number of carboxylic acids is 1. The van der Waals surface area contributed by atoms with Crippen LogP contribution in [0, 0.1) is 5.92 Å². The normalized spacial score (nSPS) is 26.6. The first kappa shape index (κ1) is 9.24. The van der Waals surface area contributed by atoms with Gasteiger partial charge in [0.05, 0.1) is 6.33 Å². The van der Waals surface area contributed by atoms with Crippen LogP contribution < -0.4 is 0 Å². The van der Waals surface area contributed by atoms with Gasteiger partial charge in [-0.3, -0.25) is 4.79 Å². The van der Waals surface area contributed by atoms with E-state index in [0.29, 0.717) is 18.4 Å². The van der Waals surface area contributed by atoms with Gasteiger partial charge in [-0.1, -0.05) is 0 Å². The van der Waals surface area contributed by atoms with Crippen LogP contribution in [0.15, 0.2) is 18.7 Å². The minimum Gasteiger partial charge on any atom is -0.481 e. The fraction of sp³-hybridized carbons (Fsp3) is 0.600. The number of imidazole rings is 1. The zero-order valence-corrected chi connectivity index (χ0v) is 7.97. The molecule has 2 unspecified atom stereocenters. The Morgan fingerprint density at radius 3 is 3.07 bits per heavy atom. The molecule has 1 aliphatic rings. The van der Waals surface area contributed by atoms with Gasteiger partial charge in [-0.05, 0) is 25.2 Å². The molecule has 1 fully saturated rings. The maximum absolute atomic E-state index is 10.5. The van der Waals surface area contributed by atoms with Crippen LogP contribution in [-0.2, 0) is 4.79 Å². The van der Waals surface area contributed by atoms with Crippen molar-refractivity contribution in [3.63, 3.8) is 0 Å². The second-order valence-electron chi connectivity index (χ2n) is 3.94. The smallest absolute Gasteiger partial charge is 0.303 e. The molecular weight excluding hydrogens is 180 g/mol. The Balaban J connectivity index is 1.92. The molecule has 0 amide bonds. The molecule has 1 aromatic rings. The molecule has 76 valence electrons. The Bertz CT molecular complexity index is 308. The summed E-state index contributed by atoms with van der Waals surface area (Å²) in [5.41, 5.74) is 0. The van der Waals surface area contributed by atoms with E-state index >= 15 is 0 Å². The number of aromatic nitrogens is 2. The molecule has 0 aromatic carbocycles. The van der Waals surface area contributed by atoms with Gasteiger partial charge in [-0.2, -0.15) is 0 Å². The highest BCUT2D eigenvalue weighted by Gasteiger charge is 2.26. The van der Waals surface area contributed by atoms with Crippen LogP contribution >= 0.6 is 0 Å². The van der Waals surface area contributed by atoms with E-state index in [1.807, 2.05) is 12.5 Å². The van der Waals surface area contributed by atoms with E-state index < -0.39 is 5.97 Å². The van der Waals surface area contributed by atoms with Crippen molar-refractivity contribution < 1.29 is 9.90 Å². The molecule has 2 rings (SSSR count). The Kier molecular flexibility index (Phi) is 2.52. The van der Waals surface area contributed by atoms with Crippen LogP contribution in [0.25, 0.3) is 0 Å². The lowest BCUT2D eigenvalue weighted by Crippen LogP contribution is -2.06. The standard InChI is InChI=1S/C10H14N2O2/c13-10(14)6-8-1-2-9(5-8)12-4-3-11-7-12/h3-4,7-9H,1-2,5-6H2,(H,13,14). The number of hydrogen-bond donors (Lipinski definition) is 1. The van der Waals surface area contributed by atoms with Crippen molar-refractivity contribution in [3.8, 4) is 0 Å². The number of aliphatic carboxylic acids is 1. The second-order valence-corrected chi connectivity index (χ2v) is 3.94. The Labute approximate surface area is 82.6 Å². The highest BCUT2D eigenvalue weighted by Crippen LogP contribution is 2.35. The van der Waals surface area contributed by atoms with Gasteiger partial charge in [-0.15, -0.1) is 0 Å². The molecule has 0 aliphatic heterocycles. The van der Waals surface area contributed by atoms with Crippen molar-refractivity contribution >= 4 is 5.97 Å². The lowest BCUT2D eigenvalue weighted by atomic mass is 10.0. The predicted octanol–water partition coefficient (Wildman–Crippen LogP) is 1.70. The lowest BCUT2D eigenvalue weighted by molar-refractivity contribution is -0.138. The maximum atomic E-state index is 10.5. The third-order valence-electron chi connectivity index (χ3n) is 2.92. The first-order chi connectivity index (χ1) is 6.75. The zero-order chi connectivity index (χ0) is 9.97. The van der Waals surface area contributed by atoms with Crippen molar-refractivity contribution in [1.29, 1.82) is 0 Å². The van der Waals surface area contributed by atoms with Gasteiger partial charge in [0.1, 0.15) is 0 Å². The predicted molar refractivity (Wildman–Crippen MR) is 50.9 cm³/mol. The minimum atomic E-state index is -0.679. The van der Waals surface area contributed by atoms with Gasteiger partial charge in [0, 0.05) is 24.9 Å². The second kappa shape index (κ2) is 3.82. The van der Waals surface area contributed by atoms with Gasteiger partial charge >= 0.3 is 5.97 Å². The van der Waals surface area contributed by atoms with Crippen molar-refractivity contribution in [3.05, 3.63) is 18.7 Å². The fourth-order valence-corrected chi connectivity index (χ4v) is 2.24. The Morgan fingerprint density at radius 1 is 1.57 bits per heavy atom. The number of carbonyl (C=O) groups is 1. The third kappa shape index (κ3) is 1.95. The molecule has 0 radical (unpaired) electrons. The summed E-state index contributed by atoms with van der Waals surface area (Å²) in [5, 5.41) is 8.67. The van der Waals surface area contributed by atoms with E-state index in [-0.39, 0.29) is 0 Å². The van der Waals surface area contributed by atoms with E-state index in [0.717, 1.165) is 19.3 Å². The minimum absolute atomic E-state index is 0.311. The van der Waals surface area contributed by atoms with Crippen molar-refractivity contribution in [2.45, 2.75) is 31.7 Å². The molecule has 1 N–H and O–H groups in total. The van der Waals surface area contributed by atoms with Crippen LogP contribution in [0.1, 0.15) is 31.7 Å². The number of carboxylic acid groups (broad SMARTS) is 1. The molecule has 4 nitrogen and oxygen atoms in total. The van der Waals surface area contributed by atoms with Crippen LogP contribution in [0.3, 0.4) is 0 Å². The maximum Gasteiger partial charge on any atom is 0.303 e. The highest BCUT2D eigenvalue weighted by molar-refractivity contribution is 5.67. The topological polar surface area (TPSA) is 55.1 Å². The first-order valence-corrected chi connectivity index (χ1v) is 4.95. The monoisotopic (exact) mass is 194 g/mol. The molecule has 0 saturated heterocycles. The van der Waals surface area contributed by atoms with Gasteiger partial charge in [-0.25, -0.2) is 4.98 Å². The van der Waals surface area contributed by atoms with E-state index in [9.17, 15) is 4.79 Å². The van der Waals surface area contributed by atoms with Gasteiger partial charge in [0.25, 0.3) is 0 Å². The molecule has 1 aromatic heterocycles. The summed E-state index contributed by atoms with van der Waals surface area (Å²) in [7, 11) is 0. The van der Waals surface area contributed by atoms with Crippen LogP contribution in [0.4, 0.5) is 0 Å². The molecule has 14 heavy (non-hydrogen) atoms. The summed E-state index contributed by atoms with van der Waals surface area (Å²) >= 11 is 0. The summed E-state index contributed by atoms with van der Waals surface area (Å²) in [4.78, 5) is 14.5. The number of nitrogens with zero attached hydrogens (tertiary/aromatic N) is 2. The van der Waals surface area contributed by atoms with Crippen molar-refractivity contribution in [1.82, 2.24) is 9.55 Å². The van der Waals surface area contributed by atoms with Crippen LogP contribution in [-0.4, -0.2) is 20.6 Å². The molecule has 1 saturated carbocycles. The summed E-state index contributed by atoms with van der Waals surface area (Å²) in [6, 6.07) is 0.460. The molecular formula is C10H14N2O2. The fourth-order valence-electron chi connectivity index (χ4n) is 2.24. The summed E-state index contributed by atoms with van der Waals surface area (Å²) < 4.78 is 2.09. The SMILES string of the molecule is O=C(O)CC1CCC(n2ccnc2)C1. The molecule has 1 heterocycles. The lowest BCUT2D eigenvalue weighted by Gasteiger charge is -2.11. The average molecular weight is 194 g/mol. The Hall–Kier alpha value is -1.32. The number of rotatable bonds is 3. The van der Waals surface area contributed by atoms with E-state index in [1.54, 1.807) is 6.20 Å². The number of hydrogen-bond acceptors (Lipinski definition) is 2. The molecule has 2 atom stereocenters. The zero-order valence-electron chi connectivity index (χ0n) is 7.97. The van der Waals surface area contributed by atoms with Crippen LogP contribution in [0.2, 0.25) is 0 Å². The highest BCUT2D eigenvalue weighted by atomic mass is 16.4. The van der Waals surface area contributed by atoms with E-state index in [4.69, 9.17) is 5.11 Å². The van der Waals surface area contributed by atoms with Crippen LogP contribution in [0.5, 0.6) is 0 Å². The van der Waals surface area contributed by atoms with Gasteiger partial charge in [0.2, 0.25) is 0 Å². The van der Waals surface area contributed by atoms with E-state index in [1.165, 1.54) is 0 Å². The summed E-state index contributed by atoms with van der Waals surface area (Å²) in [6.07, 6.45) is 8.92. The Morgan fingerprint density at radius 2 is 2.43 bits per heavy atom. The molecule has 4 heteroatoms. The quantitative estimate of drug-likeness (QED) is 0.796. The summed E-state index contributed by atoms with van der Waals surface area (Å²) in [6.45, 7) is 0. The molecule has 0 spiro atoms. The summed E-state index contributed by atoms with van der Waals surface area (Å²) in [5.74, 6) is -0.332. The van der Waals surface area contributed by atoms with Crippen molar-refractivity contribution in [2.75, 3.05) is 0 Å². The average Bonchev–Trinajstić information content (AvgIpc) is 2.69. The third-order valence-corrected chi connectivity index (χ3v) is 2.92. The molecule has 1 aliphatic carbocycles. The van der Waals surface area contributed by atoms with Gasteiger partial charge < -0.3 is 9.67 Å². The van der Waals surface area contributed by atoms with E-state index in [2.05, 4.69) is 9.55 Å². The van der Waals surface area contributed by atoms with Crippen molar-refractivity contribution in [2.24, 2.45) is 5.92 Å². The first-order valence-electron chi connectivity index (χ1n) is 4.95. The van der Waals surface area contributed by atoms with Gasteiger partial charge in [0.15, 0.2) is 0 Å².